The van der Waals surface area contributed by atoms with Crippen LogP contribution in [-0.4, -0.2) is 34.6 Å². The summed E-state index contributed by atoms with van der Waals surface area (Å²) >= 11 is 5.67. The fourth-order valence-electron chi connectivity index (χ4n) is 4.25. The van der Waals surface area contributed by atoms with Gasteiger partial charge in [0.1, 0.15) is 0 Å². The van der Waals surface area contributed by atoms with Crippen LogP contribution in [0.25, 0.3) is 0 Å². The van der Waals surface area contributed by atoms with Crippen molar-refractivity contribution < 1.29 is 14.7 Å². The minimum absolute atomic E-state index is 0.118. The molecular formula is C30H34N2O3S. The molecule has 0 bridgehead atoms. The third-order valence-electron chi connectivity index (χ3n) is 6.37. The summed E-state index contributed by atoms with van der Waals surface area (Å²) in [5.41, 5.74) is 3.21. The number of benzene rings is 3. The van der Waals surface area contributed by atoms with Crippen LogP contribution in [0.4, 0.5) is 0 Å². The monoisotopic (exact) mass is 502 g/mol. The van der Waals surface area contributed by atoms with Gasteiger partial charge < -0.3 is 15.7 Å². The van der Waals surface area contributed by atoms with Gasteiger partial charge >= 0.3 is 5.97 Å². The van der Waals surface area contributed by atoms with Crippen LogP contribution in [0.3, 0.4) is 0 Å². The predicted molar refractivity (Wildman–Crippen MR) is 148 cm³/mol. The van der Waals surface area contributed by atoms with E-state index in [1.165, 1.54) is 5.56 Å². The highest BCUT2D eigenvalue weighted by Gasteiger charge is 2.29. The molecule has 36 heavy (non-hydrogen) atoms. The van der Waals surface area contributed by atoms with Crippen molar-refractivity contribution in [3.05, 3.63) is 108 Å². The molecule has 1 amide bonds. The maximum absolute atomic E-state index is 13.1. The Labute approximate surface area is 219 Å². The largest absolute Gasteiger partial charge is 0.481 e. The number of rotatable bonds is 13. The van der Waals surface area contributed by atoms with E-state index in [2.05, 4.69) is 22.8 Å². The highest BCUT2D eigenvalue weighted by Crippen LogP contribution is 2.27. The molecule has 3 rings (SSSR count). The Morgan fingerprint density at radius 3 is 2.00 bits per heavy atom. The molecule has 0 saturated carbocycles. The molecule has 0 radical (unpaired) electrons. The molecule has 0 aliphatic rings. The molecule has 6 heteroatoms. The normalized spacial score (nSPS) is 13.2. The van der Waals surface area contributed by atoms with Gasteiger partial charge in [-0.05, 0) is 41.9 Å². The minimum Gasteiger partial charge on any atom is -0.481 e. The van der Waals surface area contributed by atoms with Crippen molar-refractivity contribution in [3.63, 3.8) is 0 Å². The third-order valence-corrected chi connectivity index (χ3v) is 6.80. The molecule has 0 fully saturated rings. The molecule has 0 spiro atoms. The fraction of sp³-hybridized carbons (Fsp3) is 0.300. The van der Waals surface area contributed by atoms with Gasteiger partial charge in [-0.3, -0.25) is 9.59 Å². The third kappa shape index (κ3) is 8.61. The van der Waals surface area contributed by atoms with Crippen molar-refractivity contribution in [2.24, 2.45) is 5.92 Å². The number of aryl methyl sites for hydroxylation is 1. The van der Waals surface area contributed by atoms with Crippen molar-refractivity contribution in [2.75, 3.05) is 6.54 Å². The van der Waals surface area contributed by atoms with E-state index in [0.717, 1.165) is 24.0 Å². The second-order valence-corrected chi connectivity index (χ2v) is 9.48. The van der Waals surface area contributed by atoms with E-state index >= 15 is 0 Å². The summed E-state index contributed by atoms with van der Waals surface area (Å²) in [5.74, 6) is -2.44. The van der Waals surface area contributed by atoms with Crippen molar-refractivity contribution in [1.29, 1.82) is 0 Å². The molecule has 3 unspecified atom stereocenters. The first kappa shape index (κ1) is 27.1. The first-order chi connectivity index (χ1) is 17.4. The first-order valence-electron chi connectivity index (χ1n) is 12.4. The van der Waals surface area contributed by atoms with Crippen LogP contribution in [0.15, 0.2) is 91.0 Å². The number of thiocarbonyl (C=S) groups is 1. The maximum atomic E-state index is 13.1. The number of carbonyl (C=O) groups excluding carboxylic acids is 1. The van der Waals surface area contributed by atoms with Crippen LogP contribution in [-0.2, 0) is 22.4 Å². The predicted octanol–water partition coefficient (Wildman–Crippen LogP) is 5.16. The van der Waals surface area contributed by atoms with E-state index in [9.17, 15) is 14.7 Å². The first-order valence-corrected chi connectivity index (χ1v) is 12.8. The van der Waals surface area contributed by atoms with Gasteiger partial charge in [-0.1, -0.05) is 110 Å². The van der Waals surface area contributed by atoms with Crippen molar-refractivity contribution in [1.82, 2.24) is 10.6 Å². The van der Waals surface area contributed by atoms with Gasteiger partial charge in [-0.25, -0.2) is 0 Å². The summed E-state index contributed by atoms with van der Waals surface area (Å²) in [4.78, 5) is 25.6. The van der Waals surface area contributed by atoms with Crippen LogP contribution in [0, 0.1) is 5.92 Å². The molecule has 3 aromatic rings. The zero-order valence-electron chi connectivity index (χ0n) is 20.6. The number of amides is 1. The maximum Gasteiger partial charge on any atom is 0.307 e. The Morgan fingerprint density at radius 1 is 0.861 bits per heavy atom. The van der Waals surface area contributed by atoms with E-state index in [1.54, 1.807) is 0 Å². The van der Waals surface area contributed by atoms with Gasteiger partial charge in [0.25, 0.3) is 0 Å². The van der Waals surface area contributed by atoms with Crippen LogP contribution in [0.1, 0.15) is 42.4 Å². The van der Waals surface area contributed by atoms with Gasteiger partial charge in [0, 0.05) is 13.0 Å². The van der Waals surface area contributed by atoms with E-state index < -0.39 is 17.9 Å². The average Bonchev–Trinajstić information content (AvgIpc) is 2.90. The Balaban J connectivity index is 1.62. The SMILES string of the molecule is CC(c1ccccc1)C(CC(=O)NC(Cc1ccccc1)C(=S)NCCCc1ccccc1)C(=O)O. The molecule has 3 aromatic carbocycles. The zero-order chi connectivity index (χ0) is 25.8. The van der Waals surface area contributed by atoms with Crippen molar-refractivity contribution in [3.8, 4) is 0 Å². The minimum atomic E-state index is -0.984. The van der Waals surface area contributed by atoms with E-state index in [4.69, 9.17) is 12.2 Å². The average molecular weight is 503 g/mol. The lowest BCUT2D eigenvalue weighted by Gasteiger charge is -2.24. The Hall–Kier alpha value is -3.51. The van der Waals surface area contributed by atoms with Gasteiger partial charge in [-0.15, -0.1) is 0 Å². The topological polar surface area (TPSA) is 78.4 Å². The zero-order valence-corrected chi connectivity index (χ0v) is 21.4. The van der Waals surface area contributed by atoms with Crippen LogP contribution in [0.2, 0.25) is 0 Å². The van der Waals surface area contributed by atoms with Gasteiger partial charge in [-0.2, -0.15) is 0 Å². The lowest BCUT2D eigenvalue weighted by Crippen LogP contribution is -2.48. The summed E-state index contributed by atoms with van der Waals surface area (Å²) in [6, 6.07) is 29.1. The molecule has 188 valence electrons. The van der Waals surface area contributed by atoms with Crippen LogP contribution >= 0.6 is 12.2 Å². The number of aliphatic carboxylic acids is 1. The lowest BCUT2D eigenvalue weighted by atomic mass is 9.85. The molecule has 0 saturated heterocycles. The number of carboxylic acid groups (broad SMARTS) is 1. The highest BCUT2D eigenvalue weighted by molar-refractivity contribution is 7.80. The molecule has 0 aromatic heterocycles. The second-order valence-electron chi connectivity index (χ2n) is 9.04. The van der Waals surface area contributed by atoms with E-state index in [-0.39, 0.29) is 18.2 Å². The number of nitrogens with one attached hydrogen (secondary N) is 2. The number of carboxylic acids is 1. The highest BCUT2D eigenvalue weighted by atomic mass is 32.1. The summed E-state index contributed by atoms with van der Waals surface area (Å²) in [6.45, 7) is 2.54. The lowest BCUT2D eigenvalue weighted by molar-refractivity contribution is -0.144. The molecule has 0 heterocycles. The second kappa shape index (κ2) is 14.1. The number of carbonyl (C=O) groups is 2. The number of hydrogen-bond acceptors (Lipinski definition) is 3. The van der Waals surface area contributed by atoms with Gasteiger partial charge in [0.2, 0.25) is 5.91 Å². The number of hydrogen-bond donors (Lipinski definition) is 3. The van der Waals surface area contributed by atoms with Gasteiger partial charge in [0.05, 0.1) is 16.9 Å². The molecule has 5 nitrogen and oxygen atoms in total. The Morgan fingerprint density at radius 2 is 1.42 bits per heavy atom. The van der Waals surface area contributed by atoms with Gasteiger partial charge in [0.15, 0.2) is 0 Å². The Bertz CT molecular complexity index is 1110. The quantitative estimate of drug-likeness (QED) is 0.222. The van der Waals surface area contributed by atoms with E-state index in [0.29, 0.717) is 18.0 Å². The standard InChI is InChI=1S/C30H34N2O3S/c1-22(25-17-9-4-10-18-25)26(30(34)35)21-28(33)32-27(20-24-14-7-3-8-15-24)29(36)31-19-11-16-23-12-5-2-6-13-23/h2-10,12-15,17-18,22,26-27H,11,16,19-21H2,1H3,(H,31,36)(H,32,33)(H,34,35). The smallest absolute Gasteiger partial charge is 0.307 e. The summed E-state index contributed by atoms with van der Waals surface area (Å²) < 4.78 is 0. The summed E-state index contributed by atoms with van der Waals surface area (Å²) in [7, 11) is 0. The summed E-state index contributed by atoms with van der Waals surface area (Å²) in [6.07, 6.45) is 2.26. The van der Waals surface area contributed by atoms with Crippen molar-refractivity contribution in [2.45, 2.75) is 44.6 Å². The molecule has 3 N–H and O–H groups in total. The molecule has 0 aliphatic heterocycles. The molecule has 3 atom stereocenters. The van der Waals surface area contributed by atoms with Crippen molar-refractivity contribution >= 4 is 29.1 Å². The van der Waals surface area contributed by atoms with Crippen LogP contribution < -0.4 is 10.6 Å². The van der Waals surface area contributed by atoms with Crippen LogP contribution in [0.5, 0.6) is 0 Å². The summed E-state index contributed by atoms with van der Waals surface area (Å²) in [5, 5.41) is 16.2. The molecule has 0 aliphatic carbocycles. The molecular weight excluding hydrogens is 468 g/mol. The fourth-order valence-corrected chi connectivity index (χ4v) is 4.50. The van der Waals surface area contributed by atoms with E-state index in [1.807, 2.05) is 85.8 Å². The Kier molecular flexibility index (Phi) is 10.6.